The molecule has 1 heterocycles. The summed E-state index contributed by atoms with van der Waals surface area (Å²) in [5, 5.41) is 3.36. The van der Waals surface area contributed by atoms with Gasteiger partial charge in [0.15, 0.2) is 6.10 Å². The van der Waals surface area contributed by atoms with Gasteiger partial charge >= 0.3 is 0 Å². The molecule has 2 aromatic rings. The van der Waals surface area contributed by atoms with Crippen molar-refractivity contribution in [3.05, 3.63) is 58.1 Å². The van der Waals surface area contributed by atoms with Crippen molar-refractivity contribution < 1.29 is 17.9 Å². The van der Waals surface area contributed by atoms with E-state index in [1.807, 2.05) is 13.0 Å². The molecular formula is C21H23ClN2O4S. The van der Waals surface area contributed by atoms with Crippen LogP contribution in [0.4, 0.5) is 5.69 Å². The van der Waals surface area contributed by atoms with Crippen LogP contribution in [0.15, 0.2) is 36.4 Å². The molecule has 0 spiro atoms. The first-order valence-electron chi connectivity index (χ1n) is 9.58. The van der Waals surface area contributed by atoms with Crippen LogP contribution in [0.3, 0.4) is 0 Å². The zero-order valence-electron chi connectivity index (χ0n) is 16.3. The van der Waals surface area contributed by atoms with Crippen LogP contribution in [-0.2, 0) is 27.7 Å². The molecule has 1 N–H and O–H groups in total. The van der Waals surface area contributed by atoms with Gasteiger partial charge in [-0.2, -0.15) is 0 Å². The standard InChI is InChI=1S/C21H23ClN2O4S/c1-13(15-7-6-14-4-3-5-16(14)10-15)23-21(25)20-12-24(29(2,26)27)18-11-17(22)8-9-19(18)28-20/h6-11,13,20H,3-5,12H2,1-2H3,(H,23,25). The van der Waals surface area contributed by atoms with E-state index >= 15 is 0 Å². The van der Waals surface area contributed by atoms with Gasteiger partial charge in [-0.15, -0.1) is 0 Å². The zero-order valence-corrected chi connectivity index (χ0v) is 17.9. The fraction of sp³-hybridized carbons (Fsp3) is 0.381. The Morgan fingerprint density at radius 3 is 2.72 bits per heavy atom. The second kappa shape index (κ2) is 7.54. The molecule has 0 aromatic heterocycles. The number of anilines is 1. The Morgan fingerprint density at radius 2 is 1.97 bits per heavy atom. The average Bonchev–Trinajstić information content (AvgIpc) is 3.14. The van der Waals surface area contributed by atoms with Crippen molar-refractivity contribution in [3.63, 3.8) is 0 Å². The molecule has 4 rings (SSSR count). The first-order valence-corrected chi connectivity index (χ1v) is 11.8. The van der Waals surface area contributed by atoms with E-state index in [9.17, 15) is 13.2 Å². The third kappa shape index (κ3) is 4.07. The molecule has 0 bridgehead atoms. The lowest BCUT2D eigenvalue weighted by Crippen LogP contribution is -2.50. The summed E-state index contributed by atoms with van der Waals surface area (Å²) in [6.45, 7) is 1.81. The Labute approximate surface area is 175 Å². The van der Waals surface area contributed by atoms with E-state index in [4.69, 9.17) is 16.3 Å². The van der Waals surface area contributed by atoms with E-state index in [1.165, 1.54) is 27.9 Å². The average molecular weight is 435 g/mol. The molecule has 6 nitrogen and oxygen atoms in total. The molecule has 0 radical (unpaired) electrons. The number of sulfonamides is 1. The van der Waals surface area contributed by atoms with E-state index in [-0.39, 0.29) is 18.5 Å². The number of rotatable bonds is 4. The number of carbonyl (C=O) groups is 1. The molecule has 2 aromatic carbocycles. The third-order valence-electron chi connectivity index (χ3n) is 5.46. The minimum absolute atomic E-state index is 0.102. The van der Waals surface area contributed by atoms with E-state index < -0.39 is 16.1 Å². The summed E-state index contributed by atoms with van der Waals surface area (Å²) in [7, 11) is -3.60. The summed E-state index contributed by atoms with van der Waals surface area (Å²) in [4.78, 5) is 12.9. The van der Waals surface area contributed by atoms with Crippen molar-refractivity contribution in [2.24, 2.45) is 0 Å². The summed E-state index contributed by atoms with van der Waals surface area (Å²) >= 11 is 6.01. The fourth-order valence-corrected chi connectivity index (χ4v) is 5.00. The summed E-state index contributed by atoms with van der Waals surface area (Å²) in [6.07, 6.45) is 3.50. The largest absolute Gasteiger partial charge is 0.476 e. The minimum Gasteiger partial charge on any atom is -0.476 e. The van der Waals surface area contributed by atoms with Gasteiger partial charge in [-0.1, -0.05) is 29.8 Å². The molecule has 0 saturated heterocycles. The van der Waals surface area contributed by atoms with Crippen LogP contribution in [0.25, 0.3) is 0 Å². The number of aryl methyl sites for hydroxylation is 2. The van der Waals surface area contributed by atoms with Crippen LogP contribution in [0.2, 0.25) is 5.02 Å². The maximum Gasteiger partial charge on any atom is 0.263 e. The van der Waals surface area contributed by atoms with Crippen molar-refractivity contribution in [1.29, 1.82) is 0 Å². The van der Waals surface area contributed by atoms with Crippen molar-refractivity contribution in [2.45, 2.75) is 38.3 Å². The van der Waals surface area contributed by atoms with Gasteiger partial charge < -0.3 is 10.1 Å². The molecule has 0 fully saturated rings. The first-order chi connectivity index (χ1) is 13.7. The molecule has 8 heteroatoms. The summed E-state index contributed by atoms with van der Waals surface area (Å²) in [6, 6.07) is 10.8. The Balaban J connectivity index is 1.53. The Hall–Kier alpha value is -2.25. The maximum atomic E-state index is 12.9. The summed E-state index contributed by atoms with van der Waals surface area (Å²) < 4.78 is 31.5. The first kappa shape index (κ1) is 20.0. The number of carbonyl (C=O) groups excluding carboxylic acids is 1. The van der Waals surface area contributed by atoms with E-state index in [2.05, 4.69) is 17.4 Å². The quantitative estimate of drug-likeness (QED) is 0.801. The predicted octanol–water partition coefficient (Wildman–Crippen LogP) is 3.23. The fourth-order valence-electron chi connectivity index (χ4n) is 3.93. The number of fused-ring (bicyclic) bond motifs is 2. The van der Waals surface area contributed by atoms with Crippen LogP contribution < -0.4 is 14.4 Å². The lowest BCUT2D eigenvalue weighted by Gasteiger charge is -2.34. The third-order valence-corrected chi connectivity index (χ3v) is 6.85. The predicted molar refractivity (Wildman–Crippen MR) is 113 cm³/mol. The molecule has 2 atom stereocenters. The monoisotopic (exact) mass is 434 g/mol. The highest BCUT2D eigenvalue weighted by atomic mass is 35.5. The van der Waals surface area contributed by atoms with Gasteiger partial charge in [-0.25, -0.2) is 8.42 Å². The SMILES string of the molecule is CC(NC(=O)C1CN(S(C)(=O)=O)c2cc(Cl)ccc2O1)c1ccc2c(c1)CCC2. The Kier molecular flexibility index (Phi) is 5.21. The Morgan fingerprint density at radius 1 is 1.21 bits per heavy atom. The number of hydrogen-bond donors (Lipinski definition) is 1. The molecule has 154 valence electrons. The number of benzene rings is 2. The van der Waals surface area contributed by atoms with E-state index in [1.54, 1.807) is 12.1 Å². The molecule has 29 heavy (non-hydrogen) atoms. The molecule has 2 unspecified atom stereocenters. The van der Waals surface area contributed by atoms with Crippen LogP contribution in [0, 0.1) is 0 Å². The molecule has 2 aliphatic rings. The van der Waals surface area contributed by atoms with Crippen molar-refractivity contribution in [3.8, 4) is 5.75 Å². The van der Waals surface area contributed by atoms with Gasteiger partial charge in [0.25, 0.3) is 5.91 Å². The van der Waals surface area contributed by atoms with Crippen molar-refractivity contribution in [1.82, 2.24) is 5.32 Å². The molecule has 1 aliphatic heterocycles. The van der Waals surface area contributed by atoms with Crippen LogP contribution in [-0.4, -0.2) is 33.2 Å². The van der Waals surface area contributed by atoms with Crippen molar-refractivity contribution >= 4 is 33.2 Å². The van der Waals surface area contributed by atoms with Crippen molar-refractivity contribution in [2.75, 3.05) is 17.1 Å². The highest BCUT2D eigenvalue weighted by molar-refractivity contribution is 7.92. The number of hydrogen-bond acceptors (Lipinski definition) is 4. The van der Waals surface area contributed by atoms with Crippen LogP contribution in [0.1, 0.15) is 36.1 Å². The second-order valence-corrected chi connectivity index (χ2v) is 9.97. The molecule has 1 aliphatic carbocycles. The van der Waals surface area contributed by atoms with Crippen LogP contribution >= 0.6 is 11.6 Å². The second-order valence-electron chi connectivity index (χ2n) is 7.62. The van der Waals surface area contributed by atoms with E-state index in [0.717, 1.165) is 24.7 Å². The number of amides is 1. The highest BCUT2D eigenvalue weighted by Gasteiger charge is 2.35. The zero-order chi connectivity index (χ0) is 20.8. The highest BCUT2D eigenvalue weighted by Crippen LogP contribution is 2.37. The number of nitrogens with zero attached hydrogens (tertiary/aromatic N) is 1. The van der Waals surface area contributed by atoms with Gasteiger partial charge in [0.2, 0.25) is 10.0 Å². The normalized spacial score (nSPS) is 19.1. The molecule has 0 saturated carbocycles. The lowest BCUT2D eigenvalue weighted by molar-refractivity contribution is -0.128. The summed E-state index contributed by atoms with van der Waals surface area (Å²) in [5.41, 5.74) is 4.09. The Bertz CT molecular complexity index is 1070. The number of ether oxygens (including phenoxy) is 1. The lowest BCUT2D eigenvalue weighted by atomic mass is 10.0. The molecule has 1 amide bonds. The number of nitrogens with one attached hydrogen (secondary N) is 1. The number of halogens is 1. The molecular weight excluding hydrogens is 412 g/mol. The topological polar surface area (TPSA) is 75.7 Å². The van der Waals surface area contributed by atoms with Crippen LogP contribution in [0.5, 0.6) is 5.75 Å². The smallest absolute Gasteiger partial charge is 0.263 e. The minimum atomic E-state index is -3.60. The summed E-state index contributed by atoms with van der Waals surface area (Å²) in [5.74, 6) is -0.0383. The van der Waals surface area contributed by atoms with Gasteiger partial charge in [-0.3, -0.25) is 9.10 Å². The van der Waals surface area contributed by atoms with Gasteiger partial charge in [0.05, 0.1) is 24.5 Å². The van der Waals surface area contributed by atoms with Gasteiger partial charge in [-0.05, 0) is 61.1 Å². The van der Waals surface area contributed by atoms with Gasteiger partial charge in [0.1, 0.15) is 5.75 Å². The van der Waals surface area contributed by atoms with E-state index in [0.29, 0.717) is 16.5 Å². The van der Waals surface area contributed by atoms with Gasteiger partial charge in [0, 0.05) is 5.02 Å². The maximum absolute atomic E-state index is 12.9.